The van der Waals surface area contributed by atoms with Crippen molar-refractivity contribution in [2.75, 3.05) is 12.4 Å². The van der Waals surface area contributed by atoms with Gasteiger partial charge in [0.05, 0.1) is 17.6 Å². The van der Waals surface area contributed by atoms with Crippen LogP contribution >= 0.6 is 0 Å². The number of nitro benzene ring substituents is 1. The molecule has 18 heavy (non-hydrogen) atoms. The number of nitrogens with one attached hydrogen (secondary N) is 1. The maximum absolute atomic E-state index is 11.5. The van der Waals surface area contributed by atoms with Gasteiger partial charge >= 0.3 is 5.97 Å². The number of nitrogens with zero attached hydrogens (tertiary/aromatic N) is 1. The molecule has 1 fully saturated rings. The molecule has 0 aromatic heterocycles. The molecule has 2 rings (SSSR count). The molecule has 1 aromatic rings. The zero-order valence-electron chi connectivity index (χ0n) is 10.2. The van der Waals surface area contributed by atoms with Gasteiger partial charge in [-0.05, 0) is 31.4 Å². The second kappa shape index (κ2) is 4.64. The van der Waals surface area contributed by atoms with E-state index in [9.17, 15) is 14.9 Å². The molecular formula is C12H14N2O4. The predicted molar refractivity (Wildman–Crippen MR) is 65.8 cm³/mol. The Bertz CT molecular complexity index is 509. The average molecular weight is 250 g/mol. The molecule has 1 aromatic carbocycles. The smallest absolute Gasteiger partial charge is 0.338 e. The molecule has 1 saturated carbocycles. The van der Waals surface area contributed by atoms with Gasteiger partial charge in [-0.25, -0.2) is 4.79 Å². The Morgan fingerprint density at radius 1 is 1.50 bits per heavy atom. The minimum absolute atomic E-state index is 0.0899. The van der Waals surface area contributed by atoms with E-state index < -0.39 is 10.9 Å². The van der Waals surface area contributed by atoms with Gasteiger partial charge in [-0.3, -0.25) is 10.1 Å². The first-order valence-electron chi connectivity index (χ1n) is 5.67. The summed E-state index contributed by atoms with van der Waals surface area (Å²) in [5.74, 6) is -0.562. The van der Waals surface area contributed by atoms with Crippen molar-refractivity contribution >= 4 is 17.3 Å². The van der Waals surface area contributed by atoms with E-state index >= 15 is 0 Å². The van der Waals surface area contributed by atoms with Crippen LogP contribution in [0.25, 0.3) is 0 Å². The third kappa shape index (κ3) is 2.42. The fraction of sp³-hybridized carbons (Fsp3) is 0.417. The van der Waals surface area contributed by atoms with E-state index in [0.717, 1.165) is 12.8 Å². The molecule has 0 atom stereocenters. The van der Waals surface area contributed by atoms with E-state index in [-0.39, 0.29) is 11.3 Å². The fourth-order valence-corrected chi connectivity index (χ4v) is 1.74. The molecule has 0 heterocycles. The van der Waals surface area contributed by atoms with E-state index in [1.807, 2.05) is 0 Å². The van der Waals surface area contributed by atoms with Crippen LogP contribution in [0.5, 0.6) is 0 Å². The lowest BCUT2D eigenvalue weighted by Gasteiger charge is -2.09. The number of aryl methyl sites for hydroxylation is 1. The third-order valence-electron chi connectivity index (χ3n) is 2.88. The van der Waals surface area contributed by atoms with Crippen molar-refractivity contribution in [1.29, 1.82) is 0 Å². The molecule has 6 nitrogen and oxygen atoms in total. The number of anilines is 1. The van der Waals surface area contributed by atoms with Crippen LogP contribution in [0.4, 0.5) is 11.4 Å². The summed E-state index contributed by atoms with van der Waals surface area (Å²) in [6.07, 6.45) is 2.05. The molecule has 0 spiro atoms. The predicted octanol–water partition coefficient (Wildman–Crippen LogP) is 2.26. The summed E-state index contributed by atoms with van der Waals surface area (Å²) in [4.78, 5) is 22.0. The van der Waals surface area contributed by atoms with Crippen LogP contribution in [0, 0.1) is 17.0 Å². The number of esters is 1. The number of ether oxygens (including phenoxy) is 1. The molecule has 1 aliphatic carbocycles. The number of rotatable bonds is 4. The molecular weight excluding hydrogens is 236 g/mol. The fourth-order valence-electron chi connectivity index (χ4n) is 1.74. The number of hydrogen-bond donors (Lipinski definition) is 1. The molecule has 6 heteroatoms. The molecule has 0 amide bonds. The summed E-state index contributed by atoms with van der Waals surface area (Å²) >= 11 is 0. The molecule has 0 aliphatic heterocycles. The number of hydrogen-bond acceptors (Lipinski definition) is 5. The first-order valence-corrected chi connectivity index (χ1v) is 5.67. The van der Waals surface area contributed by atoms with Crippen molar-refractivity contribution in [3.05, 3.63) is 33.4 Å². The van der Waals surface area contributed by atoms with Gasteiger partial charge in [-0.1, -0.05) is 0 Å². The van der Waals surface area contributed by atoms with Gasteiger partial charge in [-0.2, -0.15) is 0 Å². The Hall–Kier alpha value is -2.11. The number of methoxy groups -OCH3 is 1. The summed E-state index contributed by atoms with van der Waals surface area (Å²) in [5, 5.41) is 14.1. The van der Waals surface area contributed by atoms with Gasteiger partial charge in [0.25, 0.3) is 5.69 Å². The largest absolute Gasteiger partial charge is 0.465 e. The van der Waals surface area contributed by atoms with Gasteiger partial charge < -0.3 is 10.1 Å². The standard InChI is InChI=1S/C12H14N2O4/c1-7-5-10(13-8-3-4-8)11(14(16)17)6-9(7)12(15)18-2/h5-6,8,13H,3-4H2,1-2H3. The van der Waals surface area contributed by atoms with E-state index in [0.29, 0.717) is 17.3 Å². The topological polar surface area (TPSA) is 81.5 Å². The molecule has 1 aliphatic rings. The van der Waals surface area contributed by atoms with Crippen molar-refractivity contribution < 1.29 is 14.5 Å². The zero-order chi connectivity index (χ0) is 13.3. The van der Waals surface area contributed by atoms with Crippen molar-refractivity contribution in [2.45, 2.75) is 25.8 Å². The van der Waals surface area contributed by atoms with Crippen molar-refractivity contribution in [2.24, 2.45) is 0 Å². The maximum Gasteiger partial charge on any atom is 0.338 e. The molecule has 1 N–H and O–H groups in total. The SMILES string of the molecule is COC(=O)c1cc([N+](=O)[O-])c(NC2CC2)cc1C. The van der Waals surface area contributed by atoms with Gasteiger partial charge in [0.15, 0.2) is 0 Å². The first kappa shape index (κ1) is 12.3. The van der Waals surface area contributed by atoms with Crippen LogP contribution in [-0.2, 0) is 4.74 Å². The summed E-state index contributed by atoms with van der Waals surface area (Å²) in [5.41, 5.74) is 1.27. The van der Waals surface area contributed by atoms with E-state index in [2.05, 4.69) is 10.1 Å². The molecule has 96 valence electrons. The van der Waals surface area contributed by atoms with Crippen molar-refractivity contribution in [3.63, 3.8) is 0 Å². The highest BCUT2D eigenvalue weighted by Crippen LogP contribution is 2.33. The lowest BCUT2D eigenvalue weighted by atomic mass is 10.1. The minimum atomic E-state index is -0.562. The van der Waals surface area contributed by atoms with Crippen molar-refractivity contribution in [3.8, 4) is 0 Å². The van der Waals surface area contributed by atoms with E-state index in [4.69, 9.17) is 0 Å². The summed E-state index contributed by atoms with van der Waals surface area (Å²) in [6.45, 7) is 1.73. The van der Waals surface area contributed by atoms with Crippen LogP contribution in [0.2, 0.25) is 0 Å². The second-order valence-corrected chi connectivity index (χ2v) is 4.35. The lowest BCUT2D eigenvalue weighted by molar-refractivity contribution is -0.384. The number of carbonyl (C=O) groups excluding carboxylic acids is 1. The lowest BCUT2D eigenvalue weighted by Crippen LogP contribution is -2.09. The summed E-state index contributed by atoms with van der Waals surface area (Å²) < 4.78 is 4.60. The second-order valence-electron chi connectivity index (χ2n) is 4.35. The monoisotopic (exact) mass is 250 g/mol. The Morgan fingerprint density at radius 2 is 2.17 bits per heavy atom. The Labute approximate surface area is 104 Å². The highest BCUT2D eigenvalue weighted by molar-refractivity contribution is 5.93. The van der Waals surface area contributed by atoms with Crippen LogP contribution in [0.15, 0.2) is 12.1 Å². The molecule has 0 radical (unpaired) electrons. The first-order chi connectivity index (χ1) is 8.52. The highest BCUT2D eigenvalue weighted by atomic mass is 16.6. The van der Waals surface area contributed by atoms with Gasteiger partial charge in [0, 0.05) is 12.1 Å². The molecule has 0 bridgehead atoms. The summed E-state index contributed by atoms with van der Waals surface area (Å²) in [7, 11) is 1.25. The third-order valence-corrected chi connectivity index (χ3v) is 2.88. The number of carbonyl (C=O) groups is 1. The zero-order valence-corrected chi connectivity index (χ0v) is 10.2. The van der Waals surface area contributed by atoms with Gasteiger partial charge in [-0.15, -0.1) is 0 Å². The Kier molecular flexibility index (Phi) is 3.18. The van der Waals surface area contributed by atoms with Crippen LogP contribution in [-0.4, -0.2) is 24.0 Å². The quantitative estimate of drug-likeness (QED) is 0.503. The Balaban J connectivity index is 2.43. The van der Waals surface area contributed by atoms with Gasteiger partial charge in [0.1, 0.15) is 5.69 Å². The minimum Gasteiger partial charge on any atom is -0.465 e. The number of nitro groups is 1. The van der Waals surface area contributed by atoms with E-state index in [1.54, 1.807) is 13.0 Å². The molecule has 0 saturated heterocycles. The highest BCUT2D eigenvalue weighted by Gasteiger charge is 2.26. The van der Waals surface area contributed by atoms with Crippen molar-refractivity contribution in [1.82, 2.24) is 0 Å². The van der Waals surface area contributed by atoms with Crippen LogP contribution < -0.4 is 5.32 Å². The molecule has 0 unspecified atom stereocenters. The maximum atomic E-state index is 11.5. The van der Waals surface area contributed by atoms with E-state index in [1.165, 1.54) is 13.2 Å². The van der Waals surface area contributed by atoms with Crippen LogP contribution in [0.3, 0.4) is 0 Å². The van der Waals surface area contributed by atoms with Gasteiger partial charge in [0.2, 0.25) is 0 Å². The normalized spacial score (nSPS) is 14.1. The number of benzene rings is 1. The van der Waals surface area contributed by atoms with Crippen LogP contribution in [0.1, 0.15) is 28.8 Å². The summed E-state index contributed by atoms with van der Waals surface area (Å²) in [6, 6.07) is 3.21. The average Bonchev–Trinajstić information content (AvgIpc) is 3.11. The Morgan fingerprint density at radius 3 is 2.67 bits per heavy atom.